The summed E-state index contributed by atoms with van der Waals surface area (Å²) in [5.74, 6) is 0.587. The Morgan fingerprint density at radius 1 is 1.41 bits per heavy atom. The monoisotopic (exact) mass is 329 g/mol. The van der Waals surface area contributed by atoms with E-state index in [4.69, 9.17) is 4.74 Å². The number of rotatable bonds is 2. The Bertz CT molecular complexity index is 656. The van der Waals surface area contributed by atoms with Crippen molar-refractivity contribution in [2.45, 2.75) is 0 Å². The van der Waals surface area contributed by atoms with Crippen LogP contribution in [0.1, 0.15) is 5.56 Å². The SMILES string of the molecule is CNC(=O)Oc1cccc2c1N(C)CC=C2.COS(=O)(=O)[O-]. The number of nitrogens with zero attached hydrogens (tertiary/aromatic N) is 1. The van der Waals surface area contributed by atoms with Crippen molar-refractivity contribution in [1.29, 1.82) is 0 Å². The summed E-state index contributed by atoms with van der Waals surface area (Å²) in [6.07, 6.45) is 3.66. The third kappa shape index (κ3) is 5.35. The summed E-state index contributed by atoms with van der Waals surface area (Å²) < 4.78 is 36.2. The number of amides is 1. The molecule has 0 spiro atoms. The molecule has 8 nitrogen and oxygen atoms in total. The van der Waals surface area contributed by atoms with E-state index in [2.05, 4.69) is 15.6 Å². The Morgan fingerprint density at radius 2 is 2.05 bits per heavy atom. The van der Waals surface area contributed by atoms with Crippen LogP contribution in [0, 0.1) is 0 Å². The number of likely N-dealkylation sites (N-methyl/N-ethyl adjacent to an activating group) is 1. The van der Waals surface area contributed by atoms with Gasteiger partial charge in [-0.1, -0.05) is 24.3 Å². The smallest absolute Gasteiger partial charge is 0.412 e. The van der Waals surface area contributed by atoms with Gasteiger partial charge >= 0.3 is 6.09 Å². The molecule has 1 aliphatic heterocycles. The maximum absolute atomic E-state index is 11.2. The quantitative estimate of drug-likeness (QED) is 0.636. The second-order valence-corrected chi connectivity index (χ2v) is 5.34. The molecule has 0 saturated carbocycles. The van der Waals surface area contributed by atoms with E-state index in [-0.39, 0.29) is 0 Å². The zero-order valence-electron chi connectivity index (χ0n) is 12.4. The number of nitrogens with one attached hydrogen (secondary N) is 1. The topological polar surface area (TPSA) is 108 Å². The number of fused-ring (bicyclic) bond motifs is 1. The molecule has 2 rings (SSSR count). The number of benzene rings is 1. The van der Waals surface area contributed by atoms with Crippen molar-refractivity contribution in [2.75, 3.05) is 32.6 Å². The van der Waals surface area contributed by atoms with Crippen LogP contribution in [0.5, 0.6) is 5.75 Å². The normalized spacial score (nSPS) is 12.8. The van der Waals surface area contributed by atoms with Crippen molar-refractivity contribution >= 4 is 28.3 Å². The van der Waals surface area contributed by atoms with Crippen molar-refractivity contribution in [3.63, 3.8) is 0 Å². The Kier molecular flexibility index (Phi) is 6.35. The van der Waals surface area contributed by atoms with Gasteiger partial charge in [0.2, 0.25) is 10.4 Å². The first-order chi connectivity index (χ1) is 10.3. The van der Waals surface area contributed by atoms with Crippen molar-refractivity contribution in [1.82, 2.24) is 5.32 Å². The molecule has 1 amide bonds. The van der Waals surface area contributed by atoms with E-state index in [9.17, 15) is 17.8 Å². The van der Waals surface area contributed by atoms with E-state index in [1.807, 2.05) is 30.2 Å². The zero-order valence-corrected chi connectivity index (χ0v) is 13.2. The summed E-state index contributed by atoms with van der Waals surface area (Å²) >= 11 is 0. The molecule has 0 atom stereocenters. The van der Waals surface area contributed by atoms with Crippen molar-refractivity contribution in [3.8, 4) is 5.75 Å². The van der Waals surface area contributed by atoms with Gasteiger partial charge in [0.1, 0.15) is 0 Å². The summed E-state index contributed by atoms with van der Waals surface area (Å²) in [7, 11) is -0.0899. The highest BCUT2D eigenvalue weighted by Crippen LogP contribution is 2.34. The lowest BCUT2D eigenvalue weighted by Crippen LogP contribution is -2.25. The molecule has 1 heterocycles. The van der Waals surface area contributed by atoms with Gasteiger partial charge in [0.05, 0.1) is 12.8 Å². The molecule has 0 bridgehead atoms. The molecule has 1 aliphatic rings. The number of hydrogen-bond donors (Lipinski definition) is 1. The molecule has 1 N–H and O–H groups in total. The van der Waals surface area contributed by atoms with Gasteiger partial charge in [-0.2, -0.15) is 0 Å². The molecule has 0 radical (unpaired) electrons. The summed E-state index contributed by atoms with van der Waals surface area (Å²) in [5.41, 5.74) is 2.02. The van der Waals surface area contributed by atoms with Crippen LogP contribution in [0.25, 0.3) is 6.08 Å². The number of anilines is 1. The van der Waals surface area contributed by atoms with Crippen LogP contribution in [0.4, 0.5) is 10.5 Å². The third-order valence-corrected chi connectivity index (χ3v) is 3.11. The number of carbonyl (C=O) groups is 1. The van der Waals surface area contributed by atoms with E-state index in [0.29, 0.717) is 5.75 Å². The van der Waals surface area contributed by atoms with Gasteiger partial charge < -0.3 is 19.5 Å². The van der Waals surface area contributed by atoms with Gasteiger partial charge in [-0.25, -0.2) is 13.2 Å². The van der Waals surface area contributed by atoms with Crippen LogP contribution in [0.3, 0.4) is 0 Å². The lowest BCUT2D eigenvalue weighted by molar-refractivity contribution is 0.203. The molecule has 122 valence electrons. The molecule has 0 saturated heterocycles. The maximum atomic E-state index is 11.2. The number of carbonyl (C=O) groups excluding carboxylic acids is 1. The lowest BCUT2D eigenvalue weighted by Gasteiger charge is -2.25. The second kappa shape index (κ2) is 7.78. The molecule has 0 aromatic heterocycles. The minimum atomic E-state index is -4.41. The van der Waals surface area contributed by atoms with Gasteiger partial charge in [0.25, 0.3) is 0 Å². The number of hydrogen-bond acceptors (Lipinski definition) is 7. The van der Waals surface area contributed by atoms with Crippen LogP contribution in [0.2, 0.25) is 0 Å². The van der Waals surface area contributed by atoms with Crippen molar-refractivity contribution < 1.29 is 26.7 Å². The first-order valence-electron chi connectivity index (χ1n) is 6.20. The molecule has 1 aromatic rings. The van der Waals surface area contributed by atoms with E-state index in [0.717, 1.165) is 24.9 Å². The van der Waals surface area contributed by atoms with Crippen LogP contribution in [0.15, 0.2) is 24.3 Å². The fraction of sp³-hybridized carbons (Fsp3) is 0.308. The Morgan fingerprint density at radius 3 is 2.59 bits per heavy atom. The standard InChI is InChI=1S/C12H14N2O2.CH4O4S/c1-13-12(15)16-10-7-3-5-9-6-4-8-14(2)11(9)10;1-5-6(2,3)4/h3-7H,8H2,1-2H3,(H,13,15);1H3,(H,2,3,4)/p-1. The van der Waals surface area contributed by atoms with Crippen LogP contribution >= 0.6 is 0 Å². The van der Waals surface area contributed by atoms with E-state index >= 15 is 0 Å². The van der Waals surface area contributed by atoms with Gasteiger partial charge in [0.15, 0.2) is 5.75 Å². The number of ether oxygens (including phenoxy) is 1. The Balaban J connectivity index is 0.000000346. The minimum absolute atomic E-state index is 0.448. The lowest BCUT2D eigenvalue weighted by atomic mass is 10.1. The highest BCUT2D eigenvalue weighted by atomic mass is 32.3. The van der Waals surface area contributed by atoms with Gasteiger partial charge in [-0.15, -0.1) is 0 Å². The Hall–Kier alpha value is -2.10. The Labute approximate surface area is 129 Å². The van der Waals surface area contributed by atoms with Crippen LogP contribution < -0.4 is 15.0 Å². The van der Waals surface area contributed by atoms with E-state index in [1.54, 1.807) is 13.1 Å². The average Bonchev–Trinajstić information content (AvgIpc) is 2.47. The zero-order chi connectivity index (χ0) is 16.8. The molecular weight excluding hydrogens is 312 g/mol. The van der Waals surface area contributed by atoms with Gasteiger partial charge in [0, 0.05) is 26.2 Å². The van der Waals surface area contributed by atoms with Crippen molar-refractivity contribution in [2.24, 2.45) is 0 Å². The predicted octanol–water partition coefficient (Wildman–Crippen LogP) is 0.961. The molecule has 22 heavy (non-hydrogen) atoms. The van der Waals surface area contributed by atoms with Crippen LogP contribution in [-0.4, -0.2) is 46.8 Å². The van der Waals surface area contributed by atoms with E-state index in [1.165, 1.54) is 0 Å². The molecule has 0 fully saturated rings. The molecule has 9 heteroatoms. The summed E-state index contributed by atoms with van der Waals surface area (Å²) in [4.78, 5) is 13.3. The predicted molar refractivity (Wildman–Crippen MR) is 80.5 cm³/mol. The fourth-order valence-corrected chi connectivity index (χ4v) is 1.74. The largest absolute Gasteiger partial charge is 0.726 e. The summed E-state index contributed by atoms with van der Waals surface area (Å²) in [6.45, 7) is 0.821. The highest BCUT2D eigenvalue weighted by Gasteiger charge is 2.16. The molecule has 0 unspecified atom stereocenters. The molecule has 1 aromatic carbocycles. The van der Waals surface area contributed by atoms with Gasteiger partial charge in [-0.3, -0.25) is 4.18 Å². The minimum Gasteiger partial charge on any atom is -0.726 e. The first-order valence-corrected chi connectivity index (χ1v) is 7.53. The summed E-state index contributed by atoms with van der Waals surface area (Å²) in [6, 6.07) is 5.67. The van der Waals surface area contributed by atoms with Gasteiger partial charge in [-0.05, 0) is 6.07 Å². The maximum Gasteiger partial charge on any atom is 0.412 e. The van der Waals surface area contributed by atoms with Crippen LogP contribution in [-0.2, 0) is 14.6 Å². The fourth-order valence-electron chi connectivity index (χ4n) is 1.74. The first kappa shape index (κ1) is 18.0. The molecule has 0 aliphatic carbocycles. The average molecular weight is 329 g/mol. The number of para-hydroxylation sites is 1. The van der Waals surface area contributed by atoms with E-state index < -0.39 is 16.5 Å². The van der Waals surface area contributed by atoms with Crippen molar-refractivity contribution in [3.05, 3.63) is 29.8 Å². The summed E-state index contributed by atoms with van der Waals surface area (Å²) in [5, 5.41) is 2.44. The third-order valence-electron chi connectivity index (χ3n) is 2.70. The molecular formula is C13H17N2O6S-. The highest BCUT2D eigenvalue weighted by molar-refractivity contribution is 7.80. The second-order valence-electron chi connectivity index (χ2n) is 4.19.